The first-order valence-corrected chi connectivity index (χ1v) is 8.30. The van der Waals surface area contributed by atoms with E-state index < -0.39 is 6.03 Å². The highest BCUT2D eigenvalue weighted by Crippen LogP contribution is 2.40. The van der Waals surface area contributed by atoms with Crippen LogP contribution in [0.2, 0.25) is 0 Å². The van der Waals surface area contributed by atoms with E-state index in [2.05, 4.69) is 50.2 Å². The lowest BCUT2D eigenvalue weighted by Gasteiger charge is -2.57. The van der Waals surface area contributed by atoms with Gasteiger partial charge in [0.2, 0.25) is 0 Å². The van der Waals surface area contributed by atoms with Crippen LogP contribution in [-0.2, 0) is 0 Å². The highest BCUT2D eigenvalue weighted by Gasteiger charge is 2.47. The normalized spacial score (nSPS) is 26.3. The van der Waals surface area contributed by atoms with Crippen molar-refractivity contribution in [3.05, 3.63) is 0 Å². The summed E-state index contributed by atoms with van der Waals surface area (Å²) in [4.78, 5) is 28.1. The van der Waals surface area contributed by atoms with Gasteiger partial charge in [-0.3, -0.25) is 10.2 Å². The average Bonchev–Trinajstić information content (AvgIpc) is 2.53. The molecular weight excluding hydrogens is 280 g/mol. The molecule has 2 fully saturated rings. The molecule has 2 heterocycles. The summed E-state index contributed by atoms with van der Waals surface area (Å²) >= 11 is 0. The standard InChI is InChI=1S/C16H30N4O2/c1-6-8-20-15(2,3)10-12(11-16(20,4)5)19-9-7-17-13(21)18-14(19)22/h12H,6-11H2,1-5H3,(H2,17,18,21,22). The molecule has 0 saturated carbocycles. The fourth-order valence-corrected chi connectivity index (χ4v) is 4.27. The predicted octanol–water partition coefficient (Wildman–Crippen LogP) is 2.15. The molecule has 0 aliphatic carbocycles. The molecular formula is C16H30N4O2. The third-order valence-electron chi connectivity index (χ3n) is 4.94. The third kappa shape index (κ3) is 3.37. The highest BCUT2D eigenvalue weighted by atomic mass is 16.2. The van der Waals surface area contributed by atoms with Crippen molar-refractivity contribution in [3.63, 3.8) is 0 Å². The zero-order chi connectivity index (χ0) is 16.5. The minimum absolute atomic E-state index is 0.0342. The number of likely N-dealkylation sites (tertiary alicyclic amines) is 1. The molecule has 6 heteroatoms. The predicted molar refractivity (Wildman–Crippen MR) is 86.8 cm³/mol. The SMILES string of the molecule is CCCN1C(C)(C)CC(N2CCNC(=O)NC2=O)CC1(C)C. The Labute approximate surface area is 133 Å². The van der Waals surface area contributed by atoms with Gasteiger partial charge >= 0.3 is 12.1 Å². The number of nitrogens with one attached hydrogen (secondary N) is 2. The van der Waals surface area contributed by atoms with E-state index in [9.17, 15) is 9.59 Å². The van der Waals surface area contributed by atoms with E-state index in [1.807, 2.05) is 4.90 Å². The van der Waals surface area contributed by atoms with Crippen LogP contribution in [0.3, 0.4) is 0 Å². The Morgan fingerprint density at radius 2 is 1.73 bits per heavy atom. The van der Waals surface area contributed by atoms with Gasteiger partial charge in [0, 0.05) is 30.2 Å². The van der Waals surface area contributed by atoms with E-state index in [1.54, 1.807) is 0 Å². The van der Waals surface area contributed by atoms with Crippen molar-refractivity contribution >= 4 is 12.1 Å². The van der Waals surface area contributed by atoms with Gasteiger partial charge in [-0.1, -0.05) is 6.92 Å². The van der Waals surface area contributed by atoms with Crippen LogP contribution in [0.1, 0.15) is 53.9 Å². The second kappa shape index (κ2) is 6.07. The number of nitrogens with zero attached hydrogens (tertiary/aromatic N) is 2. The lowest BCUT2D eigenvalue weighted by Crippen LogP contribution is -2.65. The summed E-state index contributed by atoms with van der Waals surface area (Å²) < 4.78 is 0. The molecule has 0 bridgehead atoms. The number of imide groups is 1. The van der Waals surface area contributed by atoms with Crippen molar-refractivity contribution in [3.8, 4) is 0 Å². The number of carbonyl (C=O) groups is 2. The number of piperidine rings is 1. The van der Waals surface area contributed by atoms with Crippen LogP contribution in [0.5, 0.6) is 0 Å². The Morgan fingerprint density at radius 3 is 2.27 bits per heavy atom. The number of rotatable bonds is 3. The van der Waals surface area contributed by atoms with Gasteiger partial charge in [0.1, 0.15) is 0 Å². The van der Waals surface area contributed by atoms with Crippen molar-refractivity contribution in [2.45, 2.75) is 71.0 Å². The van der Waals surface area contributed by atoms with Gasteiger partial charge < -0.3 is 10.2 Å². The average molecular weight is 310 g/mol. The molecule has 0 aromatic rings. The Bertz CT molecular complexity index is 429. The van der Waals surface area contributed by atoms with E-state index in [4.69, 9.17) is 0 Å². The molecule has 2 aliphatic rings. The van der Waals surface area contributed by atoms with Crippen LogP contribution in [0.25, 0.3) is 0 Å². The van der Waals surface area contributed by atoms with Crippen LogP contribution in [0.15, 0.2) is 0 Å². The minimum Gasteiger partial charge on any atom is -0.336 e. The molecule has 2 N–H and O–H groups in total. The smallest absolute Gasteiger partial charge is 0.325 e. The molecule has 22 heavy (non-hydrogen) atoms. The van der Waals surface area contributed by atoms with Gasteiger partial charge in [0.15, 0.2) is 0 Å². The Morgan fingerprint density at radius 1 is 1.14 bits per heavy atom. The quantitative estimate of drug-likeness (QED) is 0.839. The molecule has 2 saturated heterocycles. The molecule has 2 aliphatic heterocycles. The zero-order valence-corrected chi connectivity index (χ0v) is 14.5. The fraction of sp³-hybridized carbons (Fsp3) is 0.875. The third-order valence-corrected chi connectivity index (χ3v) is 4.94. The number of hydrogen-bond donors (Lipinski definition) is 2. The summed E-state index contributed by atoms with van der Waals surface area (Å²) in [5.74, 6) is 0. The highest BCUT2D eigenvalue weighted by molar-refractivity contribution is 5.94. The van der Waals surface area contributed by atoms with Crippen molar-refractivity contribution in [2.24, 2.45) is 0 Å². The van der Waals surface area contributed by atoms with Gasteiger partial charge in [-0.2, -0.15) is 0 Å². The van der Waals surface area contributed by atoms with Crippen LogP contribution in [-0.4, -0.2) is 58.6 Å². The molecule has 2 rings (SSSR count). The van der Waals surface area contributed by atoms with Crippen LogP contribution >= 0.6 is 0 Å². The Hall–Kier alpha value is -1.30. The van der Waals surface area contributed by atoms with Crippen LogP contribution in [0, 0.1) is 0 Å². The van der Waals surface area contributed by atoms with E-state index in [0.29, 0.717) is 13.1 Å². The van der Waals surface area contributed by atoms with E-state index >= 15 is 0 Å². The molecule has 4 amide bonds. The first-order valence-electron chi connectivity index (χ1n) is 8.30. The summed E-state index contributed by atoms with van der Waals surface area (Å²) in [7, 11) is 0. The van der Waals surface area contributed by atoms with Crippen LogP contribution < -0.4 is 10.6 Å². The van der Waals surface area contributed by atoms with Gasteiger partial charge in [-0.25, -0.2) is 9.59 Å². The second-order valence-corrected chi connectivity index (χ2v) is 7.72. The molecule has 126 valence electrons. The molecule has 0 spiro atoms. The molecule has 0 aromatic carbocycles. The summed E-state index contributed by atoms with van der Waals surface area (Å²) in [5.41, 5.74) is 0.0684. The Kier molecular flexibility index (Phi) is 4.70. The first kappa shape index (κ1) is 17.1. The van der Waals surface area contributed by atoms with Crippen molar-refractivity contribution in [2.75, 3.05) is 19.6 Å². The number of urea groups is 2. The summed E-state index contributed by atoms with van der Waals surface area (Å²) in [6.45, 7) is 13.4. The maximum Gasteiger partial charge on any atom is 0.325 e. The second-order valence-electron chi connectivity index (χ2n) is 7.72. The minimum atomic E-state index is -0.394. The van der Waals surface area contributed by atoms with E-state index in [-0.39, 0.29) is 23.2 Å². The van der Waals surface area contributed by atoms with Crippen LogP contribution in [0.4, 0.5) is 9.59 Å². The lowest BCUT2D eigenvalue weighted by molar-refractivity contribution is -0.0569. The topological polar surface area (TPSA) is 64.7 Å². The molecule has 0 atom stereocenters. The number of amides is 4. The molecule has 0 aromatic heterocycles. The summed E-state index contributed by atoms with van der Waals surface area (Å²) in [6.07, 6.45) is 2.98. The van der Waals surface area contributed by atoms with Crippen molar-refractivity contribution in [1.82, 2.24) is 20.4 Å². The van der Waals surface area contributed by atoms with E-state index in [1.165, 1.54) is 0 Å². The molecule has 0 radical (unpaired) electrons. The van der Waals surface area contributed by atoms with Gasteiger partial charge in [0.05, 0.1) is 0 Å². The number of hydrogen-bond acceptors (Lipinski definition) is 3. The first-order chi connectivity index (χ1) is 10.2. The molecule has 0 unspecified atom stereocenters. The van der Waals surface area contributed by atoms with E-state index in [0.717, 1.165) is 25.8 Å². The lowest BCUT2D eigenvalue weighted by atomic mass is 9.76. The van der Waals surface area contributed by atoms with Gasteiger partial charge in [-0.15, -0.1) is 0 Å². The van der Waals surface area contributed by atoms with Gasteiger partial charge in [0.25, 0.3) is 0 Å². The van der Waals surface area contributed by atoms with Crippen molar-refractivity contribution < 1.29 is 9.59 Å². The van der Waals surface area contributed by atoms with Gasteiger partial charge in [-0.05, 0) is 53.5 Å². The largest absolute Gasteiger partial charge is 0.336 e. The fourth-order valence-electron chi connectivity index (χ4n) is 4.27. The summed E-state index contributed by atoms with van der Waals surface area (Å²) in [6, 6.07) is -0.504. The monoisotopic (exact) mass is 310 g/mol. The zero-order valence-electron chi connectivity index (χ0n) is 14.5. The number of carbonyl (C=O) groups excluding carboxylic acids is 2. The Balaban J connectivity index is 2.20. The van der Waals surface area contributed by atoms with Crippen molar-refractivity contribution in [1.29, 1.82) is 0 Å². The maximum absolute atomic E-state index is 12.3. The maximum atomic E-state index is 12.3. The summed E-state index contributed by atoms with van der Waals surface area (Å²) in [5, 5.41) is 5.10. The molecule has 6 nitrogen and oxygen atoms in total.